The van der Waals surface area contributed by atoms with E-state index in [2.05, 4.69) is 17.0 Å². The van der Waals surface area contributed by atoms with E-state index in [9.17, 15) is 35.9 Å². The van der Waals surface area contributed by atoms with Crippen LogP contribution in [-0.4, -0.2) is 60.3 Å². The van der Waals surface area contributed by atoms with Gasteiger partial charge in [0.1, 0.15) is 5.60 Å². The van der Waals surface area contributed by atoms with E-state index in [-0.39, 0.29) is 18.3 Å². The summed E-state index contributed by atoms with van der Waals surface area (Å²) in [5.41, 5.74) is -6.26. The van der Waals surface area contributed by atoms with Crippen LogP contribution < -0.4 is 5.32 Å². The largest absolute Gasteiger partial charge is 0.463 e. The Kier molecular flexibility index (Phi) is 20.1. The van der Waals surface area contributed by atoms with Crippen molar-refractivity contribution in [2.75, 3.05) is 19.7 Å². The van der Waals surface area contributed by atoms with E-state index in [0.717, 1.165) is 32.4 Å². The van der Waals surface area contributed by atoms with Crippen LogP contribution in [0.1, 0.15) is 142 Å². The molecule has 0 radical (unpaired) electrons. The molecule has 6 nitrogen and oxygen atoms in total. The molecule has 0 bridgehead atoms. The highest BCUT2D eigenvalue weighted by Crippen LogP contribution is 2.43. The van der Waals surface area contributed by atoms with Crippen molar-refractivity contribution in [2.24, 2.45) is 5.92 Å². The molecule has 1 saturated heterocycles. The zero-order valence-corrected chi connectivity index (χ0v) is 27.8. The molecule has 1 atom stereocenters. The van der Waals surface area contributed by atoms with Gasteiger partial charge in [-0.1, -0.05) is 109 Å². The van der Waals surface area contributed by atoms with Crippen molar-refractivity contribution >= 4 is 11.9 Å². The van der Waals surface area contributed by atoms with E-state index in [1.807, 2.05) is 13.0 Å². The van der Waals surface area contributed by atoms with Crippen LogP contribution in [-0.2, 0) is 19.1 Å². The average molecular weight is 674 g/mol. The number of rotatable bonds is 26. The lowest BCUT2D eigenvalue weighted by Crippen LogP contribution is -2.63. The number of carbonyl (C=O) groups excluding carboxylic acids is 2. The number of carbonyl (C=O) groups is 2. The van der Waals surface area contributed by atoms with Gasteiger partial charge >= 0.3 is 29.9 Å². The Morgan fingerprint density at radius 2 is 1.22 bits per heavy atom. The smallest absolute Gasteiger partial charge is 0.437 e. The fourth-order valence-electron chi connectivity index (χ4n) is 5.42. The molecule has 0 aliphatic carbocycles. The Hall–Kier alpha value is -1.82. The molecule has 1 heterocycles. The number of esters is 2. The molecule has 2 N–H and O–H groups in total. The van der Waals surface area contributed by atoms with E-state index in [4.69, 9.17) is 9.84 Å². The SMILES string of the molecule is CCCCCCCCCCCCCCCCCC(=O)OC(C)(C/C=C/CCCCOC(=O)C(O)(C(F)(F)F)C(F)(F)F)C1CNC1. The van der Waals surface area contributed by atoms with E-state index in [0.29, 0.717) is 25.7 Å². The first kappa shape index (κ1) is 42.2. The molecule has 1 fully saturated rings. The summed E-state index contributed by atoms with van der Waals surface area (Å²) in [5.74, 6) is -2.86. The van der Waals surface area contributed by atoms with Gasteiger partial charge in [0, 0.05) is 31.8 Å². The first-order chi connectivity index (χ1) is 21.7. The average Bonchev–Trinajstić information content (AvgIpc) is 2.93. The van der Waals surface area contributed by atoms with Gasteiger partial charge in [0.05, 0.1) is 6.61 Å². The first-order valence-electron chi connectivity index (χ1n) is 17.3. The van der Waals surface area contributed by atoms with Crippen molar-refractivity contribution in [3.8, 4) is 0 Å². The second-order valence-corrected chi connectivity index (χ2v) is 12.9. The van der Waals surface area contributed by atoms with Gasteiger partial charge in [-0.05, 0) is 32.6 Å². The number of alkyl halides is 6. The summed E-state index contributed by atoms with van der Waals surface area (Å²) in [4.78, 5) is 24.0. The molecule has 46 heavy (non-hydrogen) atoms. The Bertz CT molecular complexity index is 861. The molecule has 0 aromatic rings. The van der Waals surface area contributed by atoms with Crippen LogP contribution in [0.2, 0.25) is 0 Å². The third kappa shape index (κ3) is 15.4. The molecular weight excluding hydrogens is 616 g/mol. The Balaban J connectivity index is 2.22. The molecule has 12 heteroatoms. The van der Waals surface area contributed by atoms with Gasteiger partial charge < -0.3 is 19.9 Å². The third-order valence-electron chi connectivity index (χ3n) is 8.78. The highest BCUT2D eigenvalue weighted by molar-refractivity contribution is 5.81. The summed E-state index contributed by atoms with van der Waals surface area (Å²) >= 11 is 0. The molecule has 1 unspecified atom stereocenters. The quantitative estimate of drug-likeness (QED) is 0.0412. The van der Waals surface area contributed by atoms with Gasteiger partial charge in [-0.25, -0.2) is 4.79 Å². The van der Waals surface area contributed by atoms with Gasteiger partial charge in [0.25, 0.3) is 0 Å². The van der Waals surface area contributed by atoms with Crippen molar-refractivity contribution in [1.29, 1.82) is 0 Å². The lowest BCUT2D eigenvalue weighted by molar-refractivity contribution is -0.357. The summed E-state index contributed by atoms with van der Waals surface area (Å²) in [5, 5.41) is 12.2. The molecular formula is C34H57F6NO5. The zero-order valence-electron chi connectivity index (χ0n) is 27.8. The molecule has 0 saturated carbocycles. The number of halogens is 6. The Labute approximate surface area is 271 Å². The van der Waals surface area contributed by atoms with Crippen LogP contribution in [0.5, 0.6) is 0 Å². The highest BCUT2D eigenvalue weighted by Gasteiger charge is 2.76. The summed E-state index contributed by atoms with van der Waals surface area (Å²) in [6.07, 6.45) is 11.4. The Morgan fingerprint density at radius 3 is 1.65 bits per heavy atom. The zero-order chi connectivity index (χ0) is 34.5. The lowest BCUT2D eigenvalue weighted by Gasteiger charge is -2.42. The molecule has 0 aromatic heterocycles. The summed E-state index contributed by atoms with van der Waals surface area (Å²) in [6, 6.07) is 0. The van der Waals surface area contributed by atoms with Crippen LogP contribution in [0.3, 0.4) is 0 Å². The number of hydrogen-bond donors (Lipinski definition) is 2. The summed E-state index contributed by atoms with van der Waals surface area (Å²) < 4.78 is 86.3. The van der Waals surface area contributed by atoms with Crippen molar-refractivity contribution in [3.63, 3.8) is 0 Å². The fraction of sp³-hybridized carbons (Fsp3) is 0.882. The number of hydrogen-bond acceptors (Lipinski definition) is 6. The standard InChI is InChI=1S/C34H57F6NO5/c1-3-4-5-6-7-8-9-10-11-12-13-14-15-17-20-23-29(42)46-31(2,28-26-41-27-28)24-21-18-16-19-22-25-45-30(43)32(44,33(35,36)37)34(38,39)40/h18,21,28,41,44H,3-17,19-20,22-27H2,1-2H3/b21-18+. The van der Waals surface area contributed by atoms with Gasteiger partial charge in [0.2, 0.25) is 0 Å². The second-order valence-electron chi connectivity index (χ2n) is 12.9. The van der Waals surface area contributed by atoms with E-state index in [1.165, 1.54) is 77.0 Å². The molecule has 0 aromatic carbocycles. The van der Waals surface area contributed by atoms with Crippen molar-refractivity contribution in [1.82, 2.24) is 5.32 Å². The maximum atomic E-state index is 12.7. The minimum Gasteiger partial charge on any atom is -0.463 e. The lowest BCUT2D eigenvalue weighted by atomic mass is 9.81. The van der Waals surface area contributed by atoms with Crippen LogP contribution in [0.4, 0.5) is 26.3 Å². The van der Waals surface area contributed by atoms with Crippen molar-refractivity contribution in [3.05, 3.63) is 12.2 Å². The number of aliphatic hydroxyl groups is 1. The number of unbranched alkanes of at least 4 members (excludes halogenated alkanes) is 16. The van der Waals surface area contributed by atoms with Crippen LogP contribution in [0, 0.1) is 5.92 Å². The summed E-state index contributed by atoms with van der Waals surface area (Å²) in [7, 11) is 0. The molecule has 1 rings (SSSR count). The maximum absolute atomic E-state index is 12.7. The van der Waals surface area contributed by atoms with Crippen LogP contribution >= 0.6 is 0 Å². The van der Waals surface area contributed by atoms with Crippen LogP contribution in [0.15, 0.2) is 12.2 Å². The van der Waals surface area contributed by atoms with Crippen molar-refractivity contribution < 1.29 is 50.5 Å². The van der Waals surface area contributed by atoms with Crippen molar-refractivity contribution in [2.45, 2.75) is 166 Å². The third-order valence-corrected chi connectivity index (χ3v) is 8.78. The summed E-state index contributed by atoms with van der Waals surface area (Å²) in [6.45, 7) is 4.89. The fourth-order valence-corrected chi connectivity index (χ4v) is 5.42. The number of nitrogens with one attached hydrogen (secondary N) is 1. The first-order valence-corrected chi connectivity index (χ1v) is 17.3. The Morgan fingerprint density at radius 1 is 0.739 bits per heavy atom. The monoisotopic (exact) mass is 673 g/mol. The molecule has 1 aliphatic rings. The molecule has 0 amide bonds. The predicted molar refractivity (Wildman–Crippen MR) is 166 cm³/mol. The second kappa shape index (κ2) is 21.9. The van der Waals surface area contributed by atoms with Gasteiger partial charge in [-0.3, -0.25) is 4.79 Å². The molecule has 270 valence electrons. The number of allylic oxidation sites excluding steroid dienone is 1. The van der Waals surface area contributed by atoms with Crippen LogP contribution in [0.25, 0.3) is 0 Å². The van der Waals surface area contributed by atoms with E-state index >= 15 is 0 Å². The normalized spacial score (nSPS) is 15.9. The number of ether oxygens (including phenoxy) is 2. The van der Waals surface area contributed by atoms with Gasteiger partial charge in [-0.15, -0.1) is 0 Å². The predicted octanol–water partition coefficient (Wildman–Crippen LogP) is 9.28. The minimum absolute atomic E-state index is 0.0000719. The molecule has 0 spiro atoms. The minimum atomic E-state index is -6.26. The maximum Gasteiger partial charge on any atom is 0.437 e. The van der Waals surface area contributed by atoms with E-state index in [1.54, 1.807) is 6.08 Å². The van der Waals surface area contributed by atoms with Gasteiger partial charge in [0.15, 0.2) is 0 Å². The van der Waals surface area contributed by atoms with Gasteiger partial charge in [-0.2, -0.15) is 26.3 Å². The van der Waals surface area contributed by atoms with E-state index < -0.39 is 36.1 Å². The molecule has 1 aliphatic heterocycles. The topological polar surface area (TPSA) is 84.9 Å². The highest BCUT2D eigenvalue weighted by atomic mass is 19.4.